The second-order valence-electron chi connectivity index (χ2n) is 7.77. The van der Waals surface area contributed by atoms with E-state index in [0.29, 0.717) is 18.7 Å². The SMILES string of the molecule is CC[C@H]1CCc2nc(SCC(=O)NCc3ccc(C)cc3)c(C#N)c(C(F)(F)F)c2C1. The van der Waals surface area contributed by atoms with Gasteiger partial charge < -0.3 is 5.32 Å². The maximum Gasteiger partial charge on any atom is 0.418 e. The molecule has 0 bridgehead atoms. The molecule has 4 nitrogen and oxygen atoms in total. The number of rotatable bonds is 6. The van der Waals surface area contributed by atoms with Crippen LogP contribution in [-0.4, -0.2) is 16.6 Å². The van der Waals surface area contributed by atoms with Crippen LogP contribution in [0.5, 0.6) is 0 Å². The largest absolute Gasteiger partial charge is 0.418 e. The number of amides is 1. The van der Waals surface area contributed by atoms with Crippen molar-refractivity contribution in [1.82, 2.24) is 10.3 Å². The Labute approximate surface area is 184 Å². The number of halogens is 3. The number of alkyl halides is 3. The molecule has 164 valence electrons. The highest BCUT2D eigenvalue weighted by atomic mass is 32.2. The molecule has 31 heavy (non-hydrogen) atoms. The van der Waals surface area contributed by atoms with Gasteiger partial charge in [-0.2, -0.15) is 18.4 Å². The lowest BCUT2D eigenvalue weighted by atomic mass is 9.82. The summed E-state index contributed by atoms with van der Waals surface area (Å²) in [5.41, 5.74) is 1.24. The van der Waals surface area contributed by atoms with Crippen LogP contribution in [0.4, 0.5) is 13.2 Å². The third kappa shape index (κ3) is 5.59. The fourth-order valence-corrected chi connectivity index (χ4v) is 4.60. The van der Waals surface area contributed by atoms with Crippen molar-refractivity contribution in [2.45, 2.75) is 57.3 Å². The Kier molecular flexibility index (Phi) is 7.26. The Hall–Kier alpha value is -2.53. The number of hydrogen-bond donors (Lipinski definition) is 1. The van der Waals surface area contributed by atoms with Crippen LogP contribution in [0.25, 0.3) is 0 Å². The number of nitrogens with zero attached hydrogens (tertiary/aromatic N) is 2. The second-order valence-corrected chi connectivity index (χ2v) is 8.73. The molecule has 0 spiro atoms. The zero-order valence-corrected chi connectivity index (χ0v) is 18.3. The molecule has 3 rings (SSSR count). The minimum atomic E-state index is -4.64. The van der Waals surface area contributed by atoms with Crippen LogP contribution in [0.15, 0.2) is 29.3 Å². The lowest BCUT2D eigenvalue weighted by Crippen LogP contribution is -2.25. The molecule has 1 aliphatic carbocycles. The van der Waals surface area contributed by atoms with Gasteiger partial charge in [0, 0.05) is 12.2 Å². The van der Waals surface area contributed by atoms with Gasteiger partial charge in [-0.15, -0.1) is 0 Å². The van der Waals surface area contributed by atoms with Gasteiger partial charge in [0.2, 0.25) is 5.91 Å². The zero-order chi connectivity index (χ0) is 22.6. The van der Waals surface area contributed by atoms with Gasteiger partial charge in [-0.1, -0.05) is 54.9 Å². The topological polar surface area (TPSA) is 65.8 Å². The number of fused-ring (bicyclic) bond motifs is 1. The summed E-state index contributed by atoms with van der Waals surface area (Å²) >= 11 is 0.881. The minimum absolute atomic E-state index is 0.0194. The first kappa shape index (κ1) is 23.1. The van der Waals surface area contributed by atoms with Gasteiger partial charge in [-0.05, 0) is 43.2 Å². The fraction of sp³-hybridized carbons (Fsp3) is 0.435. The molecule has 0 aliphatic heterocycles. The molecule has 2 aromatic rings. The maximum absolute atomic E-state index is 13.9. The number of nitrogens with one attached hydrogen (secondary N) is 1. The van der Waals surface area contributed by atoms with Crippen molar-refractivity contribution >= 4 is 17.7 Å². The predicted octanol–water partition coefficient (Wildman–Crippen LogP) is 5.20. The Balaban J connectivity index is 1.78. The smallest absolute Gasteiger partial charge is 0.351 e. The number of carbonyl (C=O) groups excluding carboxylic acids is 1. The molecule has 1 amide bonds. The van der Waals surface area contributed by atoms with Crippen molar-refractivity contribution < 1.29 is 18.0 Å². The van der Waals surface area contributed by atoms with E-state index in [0.717, 1.165) is 35.7 Å². The number of nitriles is 1. The van der Waals surface area contributed by atoms with Gasteiger partial charge in [-0.3, -0.25) is 4.79 Å². The van der Waals surface area contributed by atoms with Crippen molar-refractivity contribution in [2.75, 3.05) is 5.75 Å². The van der Waals surface area contributed by atoms with Gasteiger partial charge in [0.05, 0.1) is 16.9 Å². The Morgan fingerprint density at radius 3 is 2.65 bits per heavy atom. The number of hydrogen-bond acceptors (Lipinski definition) is 4. The first-order valence-corrected chi connectivity index (χ1v) is 11.2. The van der Waals surface area contributed by atoms with E-state index in [4.69, 9.17) is 0 Å². The van der Waals surface area contributed by atoms with E-state index < -0.39 is 17.3 Å². The number of pyridine rings is 1. The van der Waals surface area contributed by atoms with Crippen LogP contribution in [-0.2, 0) is 30.4 Å². The molecule has 0 fully saturated rings. The molecule has 0 radical (unpaired) electrons. The van der Waals surface area contributed by atoms with Gasteiger partial charge >= 0.3 is 6.18 Å². The summed E-state index contributed by atoms with van der Waals surface area (Å²) in [4.78, 5) is 16.6. The Bertz CT molecular complexity index is 997. The van der Waals surface area contributed by atoms with E-state index in [1.54, 1.807) is 6.07 Å². The first-order valence-electron chi connectivity index (χ1n) is 10.2. The van der Waals surface area contributed by atoms with Gasteiger partial charge in [0.25, 0.3) is 0 Å². The molecule has 1 N–H and O–H groups in total. The normalized spacial score (nSPS) is 15.8. The molecule has 0 saturated carbocycles. The van der Waals surface area contributed by atoms with E-state index >= 15 is 0 Å². The number of thioether (sulfide) groups is 1. The molecule has 0 saturated heterocycles. The second kappa shape index (κ2) is 9.73. The van der Waals surface area contributed by atoms with Crippen LogP contribution in [0.1, 0.15) is 53.3 Å². The van der Waals surface area contributed by atoms with Crippen LogP contribution in [0.3, 0.4) is 0 Å². The standard InChI is InChI=1S/C23H24F3N3OS/c1-3-15-8-9-19-17(10-15)21(23(24,25)26)18(11-27)22(29-19)31-13-20(30)28-12-16-6-4-14(2)5-7-16/h4-7,15H,3,8-10,12-13H2,1-2H3,(H,28,30)/t15-/m0/s1. The lowest BCUT2D eigenvalue weighted by Gasteiger charge is -2.27. The molecule has 1 aromatic carbocycles. The van der Waals surface area contributed by atoms with Gasteiger partial charge in [-0.25, -0.2) is 4.98 Å². The Morgan fingerprint density at radius 2 is 2.03 bits per heavy atom. The average molecular weight is 448 g/mol. The lowest BCUT2D eigenvalue weighted by molar-refractivity contribution is -0.138. The fourth-order valence-electron chi connectivity index (χ4n) is 3.77. The van der Waals surface area contributed by atoms with Crippen molar-refractivity contribution in [3.63, 3.8) is 0 Å². The van der Waals surface area contributed by atoms with Crippen LogP contribution >= 0.6 is 11.8 Å². The molecule has 1 heterocycles. The predicted molar refractivity (Wildman–Crippen MR) is 114 cm³/mol. The monoisotopic (exact) mass is 447 g/mol. The number of aromatic nitrogens is 1. The summed E-state index contributed by atoms with van der Waals surface area (Å²) in [5, 5.41) is 12.3. The summed E-state index contributed by atoms with van der Waals surface area (Å²) < 4.78 is 41.7. The Morgan fingerprint density at radius 1 is 1.32 bits per heavy atom. The maximum atomic E-state index is 13.9. The highest BCUT2D eigenvalue weighted by Gasteiger charge is 2.40. The number of carbonyl (C=O) groups is 1. The van der Waals surface area contributed by atoms with Crippen molar-refractivity contribution in [1.29, 1.82) is 5.26 Å². The average Bonchev–Trinajstić information content (AvgIpc) is 2.74. The van der Waals surface area contributed by atoms with E-state index in [2.05, 4.69) is 10.3 Å². The third-order valence-electron chi connectivity index (χ3n) is 5.56. The molecular weight excluding hydrogens is 423 g/mol. The highest BCUT2D eigenvalue weighted by Crippen LogP contribution is 2.42. The van der Waals surface area contributed by atoms with E-state index in [-0.39, 0.29) is 34.6 Å². The summed E-state index contributed by atoms with van der Waals surface area (Å²) in [6.45, 7) is 4.25. The van der Waals surface area contributed by atoms with E-state index in [1.165, 1.54) is 0 Å². The summed E-state index contributed by atoms with van der Waals surface area (Å²) in [7, 11) is 0. The molecular formula is C23H24F3N3OS. The van der Waals surface area contributed by atoms with Crippen LogP contribution in [0, 0.1) is 24.2 Å². The van der Waals surface area contributed by atoms with Gasteiger partial charge in [0.15, 0.2) is 0 Å². The van der Waals surface area contributed by atoms with E-state index in [1.807, 2.05) is 38.1 Å². The van der Waals surface area contributed by atoms with Crippen molar-refractivity contribution in [3.05, 3.63) is 57.8 Å². The van der Waals surface area contributed by atoms with Crippen molar-refractivity contribution in [2.24, 2.45) is 5.92 Å². The number of benzene rings is 1. The first-order chi connectivity index (χ1) is 14.7. The highest BCUT2D eigenvalue weighted by molar-refractivity contribution is 8.00. The summed E-state index contributed by atoms with van der Waals surface area (Å²) in [6, 6.07) is 9.39. The zero-order valence-electron chi connectivity index (χ0n) is 17.5. The molecule has 1 atom stereocenters. The molecule has 1 aliphatic rings. The van der Waals surface area contributed by atoms with Gasteiger partial charge in [0.1, 0.15) is 11.1 Å². The third-order valence-corrected chi connectivity index (χ3v) is 6.53. The molecule has 8 heteroatoms. The van der Waals surface area contributed by atoms with Crippen LogP contribution in [0.2, 0.25) is 0 Å². The minimum Gasteiger partial charge on any atom is -0.351 e. The molecule has 0 unspecified atom stereocenters. The van der Waals surface area contributed by atoms with Crippen LogP contribution < -0.4 is 5.32 Å². The van der Waals surface area contributed by atoms with Crippen molar-refractivity contribution in [3.8, 4) is 6.07 Å². The summed E-state index contributed by atoms with van der Waals surface area (Å²) in [6.07, 6.45) is -2.34. The summed E-state index contributed by atoms with van der Waals surface area (Å²) in [5.74, 6) is -0.275. The molecule has 1 aromatic heterocycles. The number of aryl methyl sites for hydroxylation is 2. The quantitative estimate of drug-likeness (QED) is 0.618. The van der Waals surface area contributed by atoms with E-state index in [9.17, 15) is 23.2 Å².